The summed E-state index contributed by atoms with van der Waals surface area (Å²) in [5, 5.41) is 10.8. The Kier molecular flexibility index (Phi) is 12.2. The molecule has 0 aromatic heterocycles. The molecule has 0 rings (SSSR count). The summed E-state index contributed by atoms with van der Waals surface area (Å²) in [7, 11) is 0. The lowest BCUT2D eigenvalue weighted by molar-refractivity contribution is -0.137. The van der Waals surface area contributed by atoms with Gasteiger partial charge in [-0.2, -0.15) is 0 Å². The van der Waals surface area contributed by atoms with E-state index in [0.29, 0.717) is 13.3 Å². The van der Waals surface area contributed by atoms with Crippen molar-refractivity contribution in [2.24, 2.45) is 0 Å². The van der Waals surface area contributed by atoms with Crippen LogP contribution in [0, 0.1) is 0 Å². The van der Waals surface area contributed by atoms with Crippen LogP contribution in [-0.2, 0) is 9.59 Å². The second-order valence-corrected chi connectivity index (χ2v) is 5.31. The summed E-state index contributed by atoms with van der Waals surface area (Å²) in [6.45, 7) is 0.287. The first-order valence-electron chi connectivity index (χ1n) is 8.65. The molecule has 0 aromatic rings. The highest BCUT2D eigenvalue weighted by Crippen LogP contribution is 2.11. The highest BCUT2D eigenvalue weighted by atomic mass is 16.4. The Hall–Kier alpha value is -1.06. The molecule has 0 aliphatic rings. The maximum absolute atomic E-state index is 11.2. The zero-order chi connectivity index (χ0) is 15.8. The first-order valence-corrected chi connectivity index (χ1v) is 7.94. The molecular formula is C16H31NO3. The van der Waals surface area contributed by atoms with Crippen LogP contribution >= 0.6 is 0 Å². The fourth-order valence-corrected chi connectivity index (χ4v) is 2.14. The monoisotopic (exact) mass is 286 g/mol. The molecule has 0 saturated heterocycles. The van der Waals surface area contributed by atoms with E-state index in [0.717, 1.165) is 25.7 Å². The SMILES string of the molecule is [2H]CCCCCCCCCCCCCC(=O)NCC(=O)O. The van der Waals surface area contributed by atoms with Gasteiger partial charge in [-0.05, 0) is 6.42 Å². The Morgan fingerprint density at radius 2 is 1.40 bits per heavy atom. The molecule has 0 aromatic carbocycles. The summed E-state index contributed by atoms with van der Waals surface area (Å²) in [6.07, 6.45) is 13.4. The average Bonchev–Trinajstić information content (AvgIpc) is 2.46. The van der Waals surface area contributed by atoms with E-state index >= 15 is 0 Å². The van der Waals surface area contributed by atoms with Crippen LogP contribution in [0.25, 0.3) is 0 Å². The highest BCUT2D eigenvalue weighted by Gasteiger charge is 2.03. The molecule has 0 heterocycles. The van der Waals surface area contributed by atoms with Gasteiger partial charge in [-0.1, -0.05) is 71.1 Å². The molecule has 20 heavy (non-hydrogen) atoms. The molecular weight excluding hydrogens is 254 g/mol. The molecule has 0 fully saturated rings. The van der Waals surface area contributed by atoms with Crippen molar-refractivity contribution in [1.29, 1.82) is 0 Å². The Bertz CT molecular complexity index is 272. The van der Waals surface area contributed by atoms with E-state index in [9.17, 15) is 9.59 Å². The quantitative estimate of drug-likeness (QED) is 0.476. The van der Waals surface area contributed by atoms with E-state index in [1.807, 2.05) is 0 Å². The van der Waals surface area contributed by atoms with Gasteiger partial charge in [-0.15, -0.1) is 0 Å². The van der Waals surface area contributed by atoms with Crippen LogP contribution in [-0.4, -0.2) is 23.5 Å². The Morgan fingerprint density at radius 3 is 1.90 bits per heavy atom. The standard InChI is InChI=1S/C16H31NO3/c1-2-3-4-5-6-7-8-9-10-11-12-13-15(18)17-14-16(19)20/h2-14H2,1H3,(H,17,18)(H,19,20)/i1D. The van der Waals surface area contributed by atoms with Crippen molar-refractivity contribution >= 4 is 11.9 Å². The first kappa shape index (κ1) is 17.0. The Balaban J connectivity index is 3.12. The summed E-state index contributed by atoms with van der Waals surface area (Å²) in [5.41, 5.74) is 0. The summed E-state index contributed by atoms with van der Waals surface area (Å²) in [4.78, 5) is 21.5. The maximum atomic E-state index is 11.2. The van der Waals surface area contributed by atoms with Crippen LogP contribution < -0.4 is 5.32 Å². The molecule has 0 aliphatic carbocycles. The van der Waals surface area contributed by atoms with E-state index in [2.05, 4.69) is 5.32 Å². The lowest BCUT2D eigenvalue weighted by Gasteiger charge is -2.03. The van der Waals surface area contributed by atoms with Gasteiger partial charge in [0.05, 0.1) is 0 Å². The van der Waals surface area contributed by atoms with Crippen LogP contribution in [0.4, 0.5) is 0 Å². The van der Waals surface area contributed by atoms with Gasteiger partial charge in [0.2, 0.25) is 5.91 Å². The lowest BCUT2D eigenvalue weighted by atomic mass is 10.1. The topological polar surface area (TPSA) is 66.4 Å². The fourth-order valence-electron chi connectivity index (χ4n) is 2.14. The third-order valence-corrected chi connectivity index (χ3v) is 3.34. The predicted octanol–water partition coefficient (Wildman–Crippen LogP) is 3.89. The Labute approximate surface area is 124 Å². The summed E-state index contributed by atoms with van der Waals surface area (Å²) < 4.78 is 7.05. The normalized spacial score (nSPS) is 11.1. The van der Waals surface area contributed by atoms with Gasteiger partial charge in [0.1, 0.15) is 6.54 Å². The van der Waals surface area contributed by atoms with E-state index in [-0.39, 0.29) is 12.5 Å². The second-order valence-electron chi connectivity index (χ2n) is 5.31. The minimum atomic E-state index is -0.997. The highest BCUT2D eigenvalue weighted by molar-refractivity contribution is 5.80. The molecule has 0 radical (unpaired) electrons. The van der Waals surface area contributed by atoms with Gasteiger partial charge in [0.15, 0.2) is 0 Å². The van der Waals surface area contributed by atoms with Gasteiger partial charge < -0.3 is 10.4 Å². The second kappa shape index (κ2) is 14.4. The van der Waals surface area contributed by atoms with Gasteiger partial charge >= 0.3 is 5.97 Å². The molecule has 118 valence electrons. The van der Waals surface area contributed by atoms with E-state index in [1.54, 1.807) is 0 Å². The number of carbonyl (C=O) groups is 2. The first-order chi connectivity index (χ1) is 10.2. The number of carbonyl (C=O) groups excluding carboxylic acids is 1. The van der Waals surface area contributed by atoms with E-state index < -0.39 is 5.97 Å². The average molecular weight is 286 g/mol. The maximum Gasteiger partial charge on any atom is 0.322 e. The van der Waals surface area contributed by atoms with Crippen molar-refractivity contribution in [3.05, 3.63) is 0 Å². The fraction of sp³-hybridized carbons (Fsp3) is 0.875. The molecule has 4 nitrogen and oxygen atoms in total. The number of carboxylic acids is 1. The molecule has 4 heteroatoms. The van der Waals surface area contributed by atoms with Crippen molar-refractivity contribution < 1.29 is 16.1 Å². The van der Waals surface area contributed by atoms with Gasteiger partial charge in [-0.3, -0.25) is 9.59 Å². The van der Waals surface area contributed by atoms with E-state index in [4.69, 9.17) is 6.48 Å². The number of rotatable bonds is 14. The molecule has 2 N–H and O–H groups in total. The van der Waals surface area contributed by atoms with Crippen LogP contribution in [0.3, 0.4) is 0 Å². The predicted molar refractivity (Wildman–Crippen MR) is 81.7 cm³/mol. The molecule has 0 bridgehead atoms. The molecule has 0 atom stereocenters. The van der Waals surface area contributed by atoms with Crippen LogP contribution in [0.2, 0.25) is 0 Å². The van der Waals surface area contributed by atoms with Crippen LogP contribution in [0.1, 0.15) is 85.3 Å². The number of carboxylic acid groups (broad SMARTS) is 1. The summed E-state index contributed by atoms with van der Waals surface area (Å²) in [6, 6.07) is 0. The largest absolute Gasteiger partial charge is 0.480 e. The minimum absolute atomic E-state index is 0.162. The van der Waals surface area contributed by atoms with Crippen molar-refractivity contribution in [2.75, 3.05) is 6.54 Å². The number of aliphatic carboxylic acids is 1. The van der Waals surface area contributed by atoms with Crippen LogP contribution in [0.5, 0.6) is 0 Å². The minimum Gasteiger partial charge on any atom is -0.480 e. The van der Waals surface area contributed by atoms with Crippen LogP contribution in [0.15, 0.2) is 0 Å². The Morgan fingerprint density at radius 1 is 0.900 bits per heavy atom. The summed E-state index contributed by atoms with van der Waals surface area (Å²) in [5.74, 6) is -1.16. The van der Waals surface area contributed by atoms with Gasteiger partial charge in [-0.25, -0.2) is 0 Å². The molecule has 0 unspecified atom stereocenters. The summed E-state index contributed by atoms with van der Waals surface area (Å²) >= 11 is 0. The van der Waals surface area contributed by atoms with Crippen molar-refractivity contribution in [3.8, 4) is 0 Å². The van der Waals surface area contributed by atoms with E-state index in [1.165, 1.54) is 44.9 Å². The zero-order valence-corrected chi connectivity index (χ0v) is 12.7. The van der Waals surface area contributed by atoms with Crippen molar-refractivity contribution in [1.82, 2.24) is 5.32 Å². The van der Waals surface area contributed by atoms with Crippen molar-refractivity contribution in [2.45, 2.75) is 83.9 Å². The zero-order valence-electron chi connectivity index (χ0n) is 13.7. The third kappa shape index (κ3) is 15.0. The number of amides is 1. The van der Waals surface area contributed by atoms with Gasteiger partial charge in [0, 0.05) is 7.79 Å². The molecule has 0 spiro atoms. The number of hydrogen-bond donors (Lipinski definition) is 2. The smallest absolute Gasteiger partial charge is 0.322 e. The number of hydrogen-bond acceptors (Lipinski definition) is 2. The van der Waals surface area contributed by atoms with Crippen molar-refractivity contribution in [3.63, 3.8) is 0 Å². The number of unbranched alkanes of at least 4 members (excludes halogenated alkanes) is 10. The lowest BCUT2D eigenvalue weighted by Crippen LogP contribution is -2.28. The number of nitrogens with one attached hydrogen (secondary N) is 1. The molecule has 0 saturated carbocycles. The third-order valence-electron chi connectivity index (χ3n) is 3.34. The van der Waals surface area contributed by atoms with Gasteiger partial charge in [0.25, 0.3) is 0 Å². The molecule has 0 aliphatic heterocycles. The molecule has 1 amide bonds.